The Bertz CT molecular complexity index is 3420. The quantitative estimate of drug-likeness (QED) is 0.171. The van der Waals surface area contributed by atoms with E-state index in [1.54, 1.807) is 0 Å². The Kier molecular flexibility index (Phi) is 6.34. The number of para-hydroxylation sites is 2. The van der Waals surface area contributed by atoms with Crippen molar-refractivity contribution in [1.29, 1.82) is 0 Å². The molecule has 0 radical (unpaired) electrons. The maximum absolute atomic E-state index is 6.62. The summed E-state index contributed by atoms with van der Waals surface area (Å²) in [6.07, 6.45) is 0. The largest absolute Gasteiger partial charge is 0.456 e. The van der Waals surface area contributed by atoms with Gasteiger partial charge < -0.3 is 13.4 Å². The summed E-state index contributed by atoms with van der Waals surface area (Å²) in [5, 5.41) is 10.5. The van der Waals surface area contributed by atoms with E-state index in [4.69, 9.17) is 8.83 Å². The van der Waals surface area contributed by atoms with Crippen molar-refractivity contribution in [2.24, 2.45) is 0 Å². The summed E-state index contributed by atoms with van der Waals surface area (Å²) in [5.41, 5.74) is 12.0. The molecule has 0 bridgehead atoms. The van der Waals surface area contributed by atoms with Gasteiger partial charge in [-0.1, -0.05) is 127 Å². The Labute approximate surface area is 315 Å². The van der Waals surface area contributed by atoms with Crippen LogP contribution in [0.3, 0.4) is 0 Å². The van der Waals surface area contributed by atoms with Crippen molar-refractivity contribution >= 4 is 76.3 Å². The second-order valence-electron chi connectivity index (χ2n) is 14.4. The molecule has 0 aliphatic rings. The zero-order chi connectivity index (χ0) is 36.0. The fourth-order valence-electron chi connectivity index (χ4n) is 8.94. The summed E-state index contributed by atoms with van der Waals surface area (Å²) in [5.74, 6) is 0.857. The van der Waals surface area contributed by atoms with E-state index in [2.05, 4.69) is 174 Å². The zero-order valence-electron chi connectivity index (χ0n) is 29.7. The van der Waals surface area contributed by atoms with E-state index in [1.807, 2.05) is 18.2 Å². The zero-order valence-corrected chi connectivity index (χ0v) is 29.7. The summed E-state index contributed by atoms with van der Waals surface area (Å²) in [6, 6.07) is 67.3. The smallest absolute Gasteiger partial charge is 0.136 e. The highest BCUT2D eigenvalue weighted by Gasteiger charge is 2.20. The van der Waals surface area contributed by atoms with Gasteiger partial charge in [0.15, 0.2) is 0 Å². The Morgan fingerprint density at radius 3 is 1.58 bits per heavy atom. The molecular formula is C52H31NO2. The highest BCUT2D eigenvalue weighted by atomic mass is 16.3. The van der Waals surface area contributed by atoms with Crippen molar-refractivity contribution < 1.29 is 8.83 Å². The molecule has 0 saturated heterocycles. The van der Waals surface area contributed by atoms with E-state index in [9.17, 15) is 0 Å². The fraction of sp³-hybridized carbons (Fsp3) is 0. The number of nitrogens with zero attached hydrogens (tertiary/aromatic N) is 1. The molecule has 0 aliphatic carbocycles. The second-order valence-corrected chi connectivity index (χ2v) is 14.4. The average Bonchev–Trinajstić information content (AvgIpc) is 3.93. The first-order valence-corrected chi connectivity index (χ1v) is 18.7. The summed E-state index contributed by atoms with van der Waals surface area (Å²) < 4.78 is 15.3. The van der Waals surface area contributed by atoms with Gasteiger partial charge in [-0.05, 0) is 104 Å². The lowest BCUT2D eigenvalue weighted by Gasteiger charge is -2.18. The molecule has 3 aromatic heterocycles. The SMILES string of the molecule is c1ccc(-c2cc3cc4oc5cc(-c6c7ccccc7c(-c7ccc8c(c7)c7ccccc7n8-c7ccccc7)c7ccccc67)ccc5c4cc3o2)cc1. The van der Waals surface area contributed by atoms with E-state index >= 15 is 0 Å². The van der Waals surface area contributed by atoms with E-state index in [1.165, 1.54) is 60.0 Å². The van der Waals surface area contributed by atoms with E-state index < -0.39 is 0 Å². The molecule has 3 heterocycles. The van der Waals surface area contributed by atoms with Gasteiger partial charge in [-0.3, -0.25) is 0 Å². The van der Waals surface area contributed by atoms with E-state index in [0.717, 1.165) is 55.5 Å². The van der Waals surface area contributed by atoms with Gasteiger partial charge in [-0.15, -0.1) is 0 Å². The van der Waals surface area contributed by atoms with Crippen molar-refractivity contribution in [2.45, 2.75) is 0 Å². The second kappa shape index (κ2) is 11.6. The molecule has 0 spiro atoms. The molecule has 3 heteroatoms. The first-order valence-electron chi connectivity index (χ1n) is 18.7. The Hall–Kier alpha value is -7.36. The van der Waals surface area contributed by atoms with Crippen LogP contribution in [0.1, 0.15) is 0 Å². The van der Waals surface area contributed by atoms with Crippen LogP contribution in [0.15, 0.2) is 197 Å². The van der Waals surface area contributed by atoms with Gasteiger partial charge in [0.1, 0.15) is 22.5 Å². The lowest BCUT2D eigenvalue weighted by molar-refractivity contribution is 0.631. The average molecular weight is 702 g/mol. The van der Waals surface area contributed by atoms with Crippen LogP contribution in [0.2, 0.25) is 0 Å². The molecule has 12 rings (SSSR count). The third kappa shape index (κ3) is 4.50. The predicted octanol–water partition coefficient (Wildman–Crippen LogP) is 14.7. The number of aromatic nitrogens is 1. The molecule has 3 nitrogen and oxygen atoms in total. The topological polar surface area (TPSA) is 31.2 Å². The maximum Gasteiger partial charge on any atom is 0.136 e. The molecule has 9 aromatic carbocycles. The summed E-state index contributed by atoms with van der Waals surface area (Å²) in [7, 11) is 0. The third-order valence-corrected chi connectivity index (χ3v) is 11.4. The molecule has 256 valence electrons. The van der Waals surface area contributed by atoms with Gasteiger partial charge in [0.05, 0.1) is 11.0 Å². The molecule has 0 aliphatic heterocycles. The van der Waals surface area contributed by atoms with E-state index in [0.29, 0.717) is 0 Å². The first kappa shape index (κ1) is 30.1. The highest BCUT2D eigenvalue weighted by molar-refractivity contribution is 6.23. The monoisotopic (exact) mass is 701 g/mol. The summed E-state index contributed by atoms with van der Waals surface area (Å²) in [4.78, 5) is 0. The van der Waals surface area contributed by atoms with Gasteiger partial charge in [0, 0.05) is 38.2 Å². The molecular weight excluding hydrogens is 671 g/mol. The van der Waals surface area contributed by atoms with Crippen molar-refractivity contribution in [3.05, 3.63) is 188 Å². The van der Waals surface area contributed by atoms with Crippen LogP contribution < -0.4 is 0 Å². The standard InChI is InChI=1S/C52H31NO2/c1-3-13-32(14-4-1)47-29-35-30-50-44(31-48(35)54-47)38-25-23-34(28-49(38)55-50)52-41-20-9-7-18-39(41)51(40-19-8-10-21-42(40)52)33-24-26-46-43(27-33)37-17-11-12-22-45(37)53(46)36-15-5-2-6-16-36/h1-31H. The Morgan fingerprint density at radius 2 is 0.873 bits per heavy atom. The normalized spacial score (nSPS) is 12.0. The lowest BCUT2D eigenvalue weighted by atomic mass is 9.85. The van der Waals surface area contributed by atoms with Gasteiger partial charge >= 0.3 is 0 Å². The number of furan rings is 2. The number of benzene rings is 9. The lowest BCUT2D eigenvalue weighted by Crippen LogP contribution is -1.93. The van der Waals surface area contributed by atoms with Gasteiger partial charge in [-0.2, -0.15) is 0 Å². The van der Waals surface area contributed by atoms with Crippen LogP contribution in [-0.2, 0) is 0 Å². The predicted molar refractivity (Wildman–Crippen MR) is 229 cm³/mol. The molecule has 0 saturated carbocycles. The van der Waals surface area contributed by atoms with Crippen LogP contribution in [0.25, 0.3) is 116 Å². The van der Waals surface area contributed by atoms with E-state index in [-0.39, 0.29) is 0 Å². The van der Waals surface area contributed by atoms with Crippen molar-refractivity contribution in [1.82, 2.24) is 4.57 Å². The Balaban J connectivity index is 1.05. The molecule has 55 heavy (non-hydrogen) atoms. The molecule has 0 fully saturated rings. The van der Waals surface area contributed by atoms with Crippen molar-refractivity contribution in [3.8, 4) is 39.3 Å². The van der Waals surface area contributed by atoms with Crippen LogP contribution in [0, 0.1) is 0 Å². The van der Waals surface area contributed by atoms with Crippen molar-refractivity contribution in [3.63, 3.8) is 0 Å². The number of hydrogen-bond donors (Lipinski definition) is 0. The van der Waals surface area contributed by atoms with Crippen LogP contribution >= 0.6 is 0 Å². The maximum atomic E-state index is 6.62. The highest BCUT2D eigenvalue weighted by Crippen LogP contribution is 2.46. The number of hydrogen-bond acceptors (Lipinski definition) is 2. The summed E-state index contributed by atoms with van der Waals surface area (Å²) in [6.45, 7) is 0. The summed E-state index contributed by atoms with van der Waals surface area (Å²) >= 11 is 0. The van der Waals surface area contributed by atoms with Crippen LogP contribution in [0.5, 0.6) is 0 Å². The Morgan fingerprint density at radius 1 is 0.309 bits per heavy atom. The minimum Gasteiger partial charge on any atom is -0.456 e. The van der Waals surface area contributed by atoms with Gasteiger partial charge in [0.2, 0.25) is 0 Å². The molecule has 12 aromatic rings. The molecule has 0 unspecified atom stereocenters. The minimum absolute atomic E-state index is 0.855. The number of fused-ring (bicyclic) bond motifs is 9. The molecule has 0 atom stereocenters. The first-order chi connectivity index (χ1) is 27.3. The molecule has 0 N–H and O–H groups in total. The molecule has 0 amide bonds. The van der Waals surface area contributed by atoms with Crippen molar-refractivity contribution in [2.75, 3.05) is 0 Å². The third-order valence-electron chi connectivity index (χ3n) is 11.4. The van der Waals surface area contributed by atoms with Crippen LogP contribution in [0.4, 0.5) is 0 Å². The van der Waals surface area contributed by atoms with Gasteiger partial charge in [0.25, 0.3) is 0 Å². The fourth-order valence-corrected chi connectivity index (χ4v) is 8.94. The number of rotatable bonds is 4. The van der Waals surface area contributed by atoms with Gasteiger partial charge in [-0.25, -0.2) is 0 Å². The van der Waals surface area contributed by atoms with Crippen LogP contribution in [-0.4, -0.2) is 4.57 Å². The minimum atomic E-state index is 0.855.